The summed E-state index contributed by atoms with van der Waals surface area (Å²) in [6, 6.07) is 18.7. The van der Waals surface area contributed by atoms with E-state index in [-0.39, 0.29) is 29.5 Å². The highest BCUT2D eigenvalue weighted by Gasteiger charge is 2.36. The summed E-state index contributed by atoms with van der Waals surface area (Å²) in [6.07, 6.45) is -0.00576. The zero-order valence-electron chi connectivity index (χ0n) is 18.7. The lowest BCUT2D eigenvalue weighted by atomic mass is 10.1. The Morgan fingerprint density at radius 1 is 1.00 bits per heavy atom. The summed E-state index contributed by atoms with van der Waals surface area (Å²) in [7, 11) is 1.56. The van der Waals surface area contributed by atoms with E-state index in [9.17, 15) is 14.4 Å². The molecule has 9 heteroatoms. The molecule has 0 spiro atoms. The fourth-order valence-corrected chi connectivity index (χ4v) is 4.20. The first-order valence-corrected chi connectivity index (χ1v) is 11.5. The molecule has 3 aromatic rings. The van der Waals surface area contributed by atoms with Crippen LogP contribution in [0.25, 0.3) is 0 Å². The van der Waals surface area contributed by atoms with E-state index in [0.29, 0.717) is 28.0 Å². The number of Topliss-reactive ketones (excluding diaryl/α,β-unsaturated/α-hetero) is 1. The maximum absolute atomic E-state index is 12.6. The summed E-state index contributed by atoms with van der Waals surface area (Å²) in [5.41, 5.74) is 0.838. The van der Waals surface area contributed by atoms with Crippen LogP contribution < -0.4 is 14.4 Å². The van der Waals surface area contributed by atoms with E-state index in [0.717, 1.165) is 0 Å². The predicted octanol–water partition coefficient (Wildman–Crippen LogP) is 5.57. The molecule has 0 saturated carbocycles. The molecular formula is C26H21Cl2NO6. The molecule has 1 amide bonds. The van der Waals surface area contributed by atoms with Crippen LogP contribution in [0.5, 0.6) is 17.2 Å². The number of rotatable bonds is 8. The molecule has 3 aromatic carbocycles. The Morgan fingerprint density at radius 2 is 1.71 bits per heavy atom. The zero-order valence-corrected chi connectivity index (χ0v) is 20.2. The molecule has 180 valence electrons. The Bertz CT molecular complexity index is 1260. The second-order valence-corrected chi connectivity index (χ2v) is 8.65. The van der Waals surface area contributed by atoms with Gasteiger partial charge in [0.05, 0.1) is 18.1 Å². The number of hydrogen-bond donors (Lipinski definition) is 0. The van der Waals surface area contributed by atoms with Gasteiger partial charge in [-0.25, -0.2) is 0 Å². The first-order valence-electron chi connectivity index (χ1n) is 10.7. The van der Waals surface area contributed by atoms with Crippen molar-refractivity contribution in [3.63, 3.8) is 0 Å². The molecule has 1 fully saturated rings. The van der Waals surface area contributed by atoms with Crippen molar-refractivity contribution < 1.29 is 28.6 Å². The lowest BCUT2D eigenvalue weighted by Gasteiger charge is -2.17. The average Bonchev–Trinajstić information content (AvgIpc) is 3.25. The average molecular weight is 514 g/mol. The molecule has 0 radical (unpaired) electrons. The van der Waals surface area contributed by atoms with Crippen molar-refractivity contribution in [1.82, 2.24) is 0 Å². The van der Waals surface area contributed by atoms with Gasteiger partial charge in [0.1, 0.15) is 5.75 Å². The van der Waals surface area contributed by atoms with Crippen LogP contribution in [0, 0.1) is 5.92 Å². The Morgan fingerprint density at radius 3 is 2.40 bits per heavy atom. The van der Waals surface area contributed by atoms with Crippen LogP contribution in [0.15, 0.2) is 66.7 Å². The molecular weight excluding hydrogens is 493 g/mol. The molecule has 1 atom stereocenters. The van der Waals surface area contributed by atoms with Gasteiger partial charge in [-0.2, -0.15) is 0 Å². The van der Waals surface area contributed by atoms with Crippen molar-refractivity contribution in [1.29, 1.82) is 0 Å². The first-order chi connectivity index (χ1) is 16.9. The molecule has 1 aliphatic heterocycles. The molecule has 1 saturated heterocycles. The summed E-state index contributed by atoms with van der Waals surface area (Å²) >= 11 is 11.9. The molecule has 0 unspecified atom stereocenters. The third-order valence-corrected chi connectivity index (χ3v) is 6.03. The van der Waals surface area contributed by atoms with Crippen molar-refractivity contribution >= 4 is 46.5 Å². The number of carbonyl (C=O) groups is 3. The number of carbonyl (C=O) groups excluding carboxylic acids is 3. The number of benzene rings is 3. The van der Waals surface area contributed by atoms with Crippen LogP contribution in [0.3, 0.4) is 0 Å². The van der Waals surface area contributed by atoms with E-state index in [2.05, 4.69) is 0 Å². The molecule has 0 bridgehead atoms. The SMILES string of the molecule is COc1ccccc1Oc1ccc(N2C[C@@H](C(=O)OCC(=O)c3ccc(Cl)cc3Cl)CC2=O)cc1. The van der Waals surface area contributed by atoms with Crippen LogP contribution in [0.2, 0.25) is 10.0 Å². The second kappa shape index (κ2) is 10.8. The van der Waals surface area contributed by atoms with Gasteiger partial charge in [-0.1, -0.05) is 35.3 Å². The number of nitrogens with zero attached hydrogens (tertiary/aromatic N) is 1. The highest BCUT2D eigenvalue weighted by Crippen LogP contribution is 2.33. The molecule has 1 aliphatic rings. The Kier molecular flexibility index (Phi) is 7.58. The standard InChI is InChI=1S/C26H21Cl2NO6/c1-33-23-4-2-3-5-24(23)35-19-9-7-18(8-10-19)29-14-16(12-25(29)31)26(32)34-15-22(30)20-11-6-17(27)13-21(20)28/h2-11,13,16H,12,14-15H2,1H3/t16-/m0/s1. The topological polar surface area (TPSA) is 82.1 Å². The Balaban J connectivity index is 1.35. The smallest absolute Gasteiger partial charge is 0.311 e. The van der Waals surface area contributed by atoms with E-state index in [4.69, 9.17) is 37.4 Å². The number of ether oxygens (including phenoxy) is 3. The minimum absolute atomic E-state index is 0.00576. The number of methoxy groups -OCH3 is 1. The van der Waals surface area contributed by atoms with Gasteiger partial charge in [-0.05, 0) is 54.6 Å². The molecule has 4 rings (SSSR count). The monoisotopic (exact) mass is 513 g/mol. The molecule has 0 N–H and O–H groups in total. The number of anilines is 1. The fourth-order valence-electron chi connectivity index (χ4n) is 3.69. The minimum Gasteiger partial charge on any atom is -0.493 e. The molecule has 0 aromatic heterocycles. The van der Waals surface area contributed by atoms with Crippen molar-refractivity contribution in [2.24, 2.45) is 5.92 Å². The van der Waals surface area contributed by atoms with Gasteiger partial charge in [-0.15, -0.1) is 0 Å². The largest absolute Gasteiger partial charge is 0.493 e. The normalized spacial score (nSPS) is 15.1. The molecule has 7 nitrogen and oxygen atoms in total. The summed E-state index contributed by atoms with van der Waals surface area (Å²) in [5, 5.41) is 0.575. The van der Waals surface area contributed by atoms with Gasteiger partial charge >= 0.3 is 5.97 Å². The van der Waals surface area contributed by atoms with E-state index < -0.39 is 24.3 Å². The first kappa shape index (κ1) is 24.6. The summed E-state index contributed by atoms with van der Waals surface area (Å²) in [5.74, 6) is -0.220. The lowest BCUT2D eigenvalue weighted by Crippen LogP contribution is -2.27. The van der Waals surface area contributed by atoms with E-state index in [1.807, 2.05) is 12.1 Å². The van der Waals surface area contributed by atoms with Gasteiger partial charge in [0, 0.05) is 29.2 Å². The Labute approximate surface area is 212 Å². The van der Waals surface area contributed by atoms with Gasteiger partial charge in [0.25, 0.3) is 0 Å². The number of halogens is 2. The maximum Gasteiger partial charge on any atom is 0.311 e. The van der Waals surface area contributed by atoms with Crippen molar-refractivity contribution in [2.45, 2.75) is 6.42 Å². The summed E-state index contributed by atoms with van der Waals surface area (Å²) < 4.78 is 16.3. The van der Waals surface area contributed by atoms with Gasteiger partial charge in [0.2, 0.25) is 11.7 Å². The van der Waals surface area contributed by atoms with Crippen LogP contribution in [0.4, 0.5) is 5.69 Å². The third-order valence-electron chi connectivity index (χ3n) is 5.48. The number of ketones is 1. The van der Waals surface area contributed by atoms with Crippen molar-refractivity contribution in [2.75, 3.05) is 25.2 Å². The van der Waals surface area contributed by atoms with Crippen LogP contribution in [-0.4, -0.2) is 37.9 Å². The van der Waals surface area contributed by atoms with E-state index in [1.165, 1.54) is 23.1 Å². The van der Waals surface area contributed by atoms with Crippen LogP contribution >= 0.6 is 23.2 Å². The number of esters is 1. The third kappa shape index (κ3) is 5.75. The van der Waals surface area contributed by atoms with Gasteiger partial charge < -0.3 is 19.1 Å². The number of para-hydroxylation sites is 2. The van der Waals surface area contributed by atoms with Gasteiger partial charge in [0.15, 0.2) is 18.1 Å². The van der Waals surface area contributed by atoms with Gasteiger partial charge in [-0.3, -0.25) is 14.4 Å². The second-order valence-electron chi connectivity index (χ2n) is 7.81. The summed E-state index contributed by atoms with van der Waals surface area (Å²) in [4.78, 5) is 38.9. The fraction of sp³-hybridized carbons (Fsp3) is 0.192. The van der Waals surface area contributed by atoms with Crippen LogP contribution in [0.1, 0.15) is 16.8 Å². The highest BCUT2D eigenvalue weighted by molar-refractivity contribution is 6.36. The Hall–Kier alpha value is -3.55. The summed E-state index contributed by atoms with van der Waals surface area (Å²) in [6.45, 7) is -0.319. The zero-order chi connectivity index (χ0) is 24.9. The van der Waals surface area contributed by atoms with Crippen molar-refractivity contribution in [3.05, 3.63) is 82.3 Å². The highest BCUT2D eigenvalue weighted by atomic mass is 35.5. The molecule has 1 heterocycles. The number of amides is 1. The molecule has 35 heavy (non-hydrogen) atoms. The lowest BCUT2D eigenvalue weighted by molar-refractivity contribution is -0.147. The van der Waals surface area contributed by atoms with Crippen LogP contribution in [-0.2, 0) is 14.3 Å². The quantitative estimate of drug-likeness (QED) is 0.289. The maximum atomic E-state index is 12.6. The number of hydrogen-bond acceptors (Lipinski definition) is 6. The van der Waals surface area contributed by atoms with Crippen molar-refractivity contribution in [3.8, 4) is 17.2 Å². The van der Waals surface area contributed by atoms with E-state index in [1.54, 1.807) is 43.5 Å². The minimum atomic E-state index is -0.680. The predicted molar refractivity (Wildman–Crippen MR) is 132 cm³/mol. The molecule has 0 aliphatic carbocycles. The van der Waals surface area contributed by atoms with E-state index >= 15 is 0 Å².